The standard InChI is InChI=1S/C16H27NO/c1-6-13(2)18-15(12-17-16(3,4)5)14-10-8-7-9-11-14/h7-11,13,15,17H,6,12H2,1-5H3. The zero-order valence-electron chi connectivity index (χ0n) is 12.4. The van der Waals surface area contributed by atoms with Gasteiger partial charge in [0.1, 0.15) is 0 Å². The van der Waals surface area contributed by atoms with Crippen LogP contribution in [-0.2, 0) is 4.74 Å². The van der Waals surface area contributed by atoms with E-state index in [9.17, 15) is 0 Å². The van der Waals surface area contributed by atoms with Crippen molar-refractivity contribution in [2.75, 3.05) is 6.54 Å². The number of benzene rings is 1. The van der Waals surface area contributed by atoms with E-state index in [2.05, 4.69) is 64.2 Å². The van der Waals surface area contributed by atoms with Crippen LogP contribution in [0.2, 0.25) is 0 Å². The molecule has 1 rings (SSSR count). The molecule has 0 fully saturated rings. The Balaban J connectivity index is 2.69. The van der Waals surface area contributed by atoms with Crippen LogP contribution in [0.15, 0.2) is 30.3 Å². The minimum absolute atomic E-state index is 0.117. The van der Waals surface area contributed by atoms with Crippen molar-refractivity contribution in [3.63, 3.8) is 0 Å². The van der Waals surface area contributed by atoms with Crippen LogP contribution >= 0.6 is 0 Å². The maximum atomic E-state index is 6.12. The highest BCUT2D eigenvalue weighted by atomic mass is 16.5. The number of nitrogens with one attached hydrogen (secondary N) is 1. The van der Waals surface area contributed by atoms with Crippen molar-refractivity contribution in [1.82, 2.24) is 5.32 Å². The molecule has 0 aliphatic carbocycles. The Bertz CT molecular complexity index is 329. The van der Waals surface area contributed by atoms with E-state index in [1.165, 1.54) is 5.56 Å². The molecule has 1 N–H and O–H groups in total. The Kier molecular flexibility index (Phi) is 5.83. The zero-order valence-corrected chi connectivity index (χ0v) is 12.4. The third-order valence-corrected chi connectivity index (χ3v) is 2.96. The largest absolute Gasteiger partial charge is 0.369 e. The lowest BCUT2D eigenvalue weighted by Crippen LogP contribution is -2.39. The Labute approximate surface area is 112 Å². The molecular weight excluding hydrogens is 222 g/mol. The van der Waals surface area contributed by atoms with Crippen LogP contribution in [0.4, 0.5) is 0 Å². The van der Waals surface area contributed by atoms with Crippen molar-refractivity contribution in [2.45, 2.75) is 58.8 Å². The van der Waals surface area contributed by atoms with Gasteiger partial charge in [0.05, 0.1) is 12.2 Å². The lowest BCUT2D eigenvalue weighted by atomic mass is 10.1. The van der Waals surface area contributed by atoms with Crippen LogP contribution in [-0.4, -0.2) is 18.2 Å². The molecule has 0 heterocycles. The van der Waals surface area contributed by atoms with Crippen molar-refractivity contribution in [3.8, 4) is 0 Å². The summed E-state index contributed by atoms with van der Waals surface area (Å²) in [4.78, 5) is 0. The van der Waals surface area contributed by atoms with Gasteiger partial charge in [-0.1, -0.05) is 37.3 Å². The summed E-state index contributed by atoms with van der Waals surface area (Å²) in [7, 11) is 0. The lowest BCUT2D eigenvalue weighted by molar-refractivity contribution is -0.00729. The van der Waals surface area contributed by atoms with Crippen LogP contribution in [0.1, 0.15) is 52.7 Å². The molecule has 102 valence electrons. The van der Waals surface area contributed by atoms with E-state index in [4.69, 9.17) is 4.74 Å². The third-order valence-electron chi connectivity index (χ3n) is 2.96. The summed E-state index contributed by atoms with van der Waals surface area (Å²) >= 11 is 0. The van der Waals surface area contributed by atoms with Crippen molar-refractivity contribution < 1.29 is 4.74 Å². The maximum absolute atomic E-state index is 6.12. The Hall–Kier alpha value is -0.860. The smallest absolute Gasteiger partial charge is 0.0953 e. The molecule has 0 radical (unpaired) electrons. The van der Waals surface area contributed by atoms with E-state index < -0.39 is 0 Å². The second-order valence-corrected chi connectivity index (χ2v) is 5.89. The van der Waals surface area contributed by atoms with Gasteiger partial charge in [0, 0.05) is 12.1 Å². The number of rotatable bonds is 6. The first kappa shape index (κ1) is 15.2. The first-order chi connectivity index (χ1) is 8.42. The number of hydrogen-bond acceptors (Lipinski definition) is 2. The molecule has 1 aromatic rings. The Morgan fingerprint density at radius 2 is 1.78 bits per heavy atom. The quantitative estimate of drug-likeness (QED) is 0.824. The molecule has 0 aliphatic heterocycles. The molecular formula is C16H27NO. The monoisotopic (exact) mass is 249 g/mol. The van der Waals surface area contributed by atoms with Crippen LogP contribution < -0.4 is 5.32 Å². The SMILES string of the molecule is CCC(C)OC(CNC(C)(C)C)c1ccccc1. The predicted octanol–water partition coefficient (Wildman–Crippen LogP) is 3.93. The van der Waals surface area contributed by atoms with Crippen molar-refractivity contribution >= 4 is 0 Å². The van der Waals surface area contributed by atoms with E-state index in [0.29, 0.717) is 0 Å². The van der Waals surface area contributed by atoms with Gasteiger partial charge in [-0.15, -0.1) is 0 Å². The van der Waals surface area contributed by atoms with Crippen LogP contribution in [0.5, 0.6) is 0 Å². The lowest BCUT2D eigenvalue weighted by Gasteiger charge is -2.27. The maximum Gasteiger partial charge on any atom is 0.0953 e. The summed E-state index contributed by atoms with van der Waals surface area (Å²) in [5, 5.41) is 3.52. The van der Waals surface area contributed by atoms with E-state index in [1.54, 1.807) is 0 Å². The van der Waals surface area contributed by atoms with Crippen LogP contribution in [0.3, 0.4) is 0 Å². The summed E-state index contributed by atoms with van der Waals surface area (Å²) in [6.07, 6.45) is 1.45. The molecule has 0 spiro atoms. The molecule has 2 unspecified atom stereocenters. The minimum Gasteiger partial charge on any atom is -0.369 e. The van der Waals surface area contributed by atoms with Crippen molar-refractivity contribution in [2.24, 2.45) is 0 Å². The first-order valence-electron chi connectivity index (χ1n) is 6.88. The second-order valence-electron chi connectivity index (χ2n) is 5.89. The van der Waals surface area contributed by atoms with Gasteiger partial charge in [-0.3, -0.25) is 0 Å². The molecule has 0 saturated heterocycles. The molecule has 0 aromatic heterocycles. The minimum atomic E-state index is 0.117. The summed E-state index contributed by atoms with van der Waals surface area (Å²) in [5.74, 6) is 0. The van der Waals surface area contributed by atoms with Gasteiger partial charge in [0.25, 0.3) is 0 Å². The normalized spacial score (nSPS) is 15.4. The van der Waals surface area contributed by atoms with Crippen LogP contribution in [0, 0.1) is 0 Å². The van der Waals surface area contributed by atoms with Crippen molar-refractivity contribution in [1.29, 1.82) is 0 Å². The summed E-state index contributed by atoms with van der Waals surface area (Å²) in [5.41, 5.74) is 1.36. The molecule has 0 aliphatic rings. The Morgan fingerprint density at radius 3 is 2.28 bits per heavy atom. The van der Waals surface area contributed by atoms with Gasteiger partial charge < -0.3 is 10.1 Å². The van der Waals surface area contributed by atoms with Crippen LogP contribution in [0.25, 0.3) is 0 Å². The van der Waals surface area contributed by atoms with E-state index in [0.717, 1.165) is 13.0 Å². The molecule has 0 amide bonds. The number of hydrogen-bond donors (Lipinski definition) is 1. The molecule has 1 aromatic carbocycles. The molecule has 2 atom stereocenters. The van der Waals surface area contributed by atoms with Crippen molar-refractivity contribution in [3.05, 3.63) is 35.9 Å². The highest BCUT2D eigenvalue weighted by Crippen LogP contribution is 2.20. The third kappa shape index (κ3) is 5.65. The highest BCUT2D eigenvalue weighted by Gasteiger charge is 2.18. The average molecular weight is 249 g/mol. The molecule has 18 heavy (non-hydrogen) atoms. The number of ether oxygens (including phenoxy) is 1. The average Bonchev–Trinajstić information content (AvgIpc) is 2.34. The predicted molar refractivity (Wildman–Crippen MR) is 77.8 cm³/mol. The van der Waals surface area contributed by atoms with E-state index in [-0.39, 0.29) is 17.7 Å². The van der Waals surface area contributed by atoms with Gasteiger partial charge in [0.2, 0.25) is 0 Å². The molecule has 2 heteroatoms. The fraction of sp³-hybridized carbons (Fsp3) is 0.625. The summed E-state index contributed by atoms with van der Waals surface area (Å²) in [6, 6.07) is 10.5. The molecule has 0 saturated carbocycles. The fourth-order valence-electron chi connectivity index (χ4n) is 1.69. The second kappa shape index (κ2) is 6.91. The fourth-order valence-corrected chi connectivity index (χ4v) is 1.69. The highest BCUT2D eigenvalue weighted by molar-refractivity contribution is 5.18. The van der Waals surface area contributed by atoms with Gasteiger partial charge in [-0.2, -0.15) is 0 Å². The van der Waals surface area contributed by atoms with Gasteiger partial charge in [0.15, 0.2) is 0 Å². The molecule has 0 bridgehead atoms. The zero-order chi connectivity index (χ0) is 13.6. The summed E-state index contributed by atoms with van der Waals surface area (Å²) < 4.78 is 6.12. The van der Waals surface area contributed by atoms with Gasteiger partial charge in [-0.05, 0) is 39.7 Å². The van der Waals surface area contributed by atoms with Gasteiger partial charge in [-0.25, -0.2) is 0 Å². The molecule has 2 nitrogen and oxygen atoms in total. The summed E-state index contributed by atoms with van der Waals surface area (Å²) in [6.45, 7) is 11.7. The first-order valence-corrected chi connectivity index (χ1v) is 6.88. The van der Waals surface area contributed by atoms with E-state index >= 15 is 0 Å². The van der Waals surface area contributed by atoms with Gasteiger partial charge >= 0.3 is 0 Å². The Morgan fingerprint density at radius 1 is 1.17 bits per heavy atom. The van der Waals surface area contributed by atoms with E-state index in [1.807, 2.05) is 6.07 Å². The topological polar surface area (TPSA) is 21.3 Å².